The largest absolute Gasteiger partial charge is 0.497 e. The average Bonchev–Trinajstić information content (AvgIpc) is 2.90. The van der Waals surface area contributed by atoms with E-state index in [1.165, 1.54) is 5.56 Å². The molecule has 0 radical (unpaired) electrons. The van der Waals surface area contributed by atoms with E-state index in [1.54, 1.807) is 25.6 Å². The standard InChI is InChI=1S/C15H18BrNO2S/c1-4-17-15(11-7-14(16)20-9-11)10-5-12(18-2)8-13(6-10)19-3/h5-9,15,17H,4H2,1-3H3. The molecule has 3 nitrogen and oxygen atoms in total. The summed E-state index contributed by atoms with van der Waals surface area (Å²) in [6.07, 6.45) is 0. The van der Waals surface area contributed by atoms with Crippen molar-refractivity contribution in [2.75, 3.05) is 20.8 Å². The smallest absolute Gasteiger partial charge is 0.122 e. The zero-order valence-electron chi connectivity index (χ0n) is 11.8. The van der Waals surface area contributed by atoms with Crippen LogP contribution >= 0.6 is 27.3 Å². The van der Waals surface area contributed by atoms with E-state index >= 15 is 0 Å². The fraction of sp³-hybridized carbons (Fsp3) is 0.333. The van der Waals surface area contributed by atoms with Crippen molar-refractivity contribution >= 4 is 27.3 Å². The molecule has 5 heteroatoms. The van der Waals surface area contributed by atoms with Gasteiger partial charge in [-0.1, -0.05) is 6.92 Å². The molecule has 0 aliphatic rings. The molecule has 0 spiro atoms. The Morgan fingerprint density at radius 1 is 1.10 bits per heavy atom. The van der Waals surface area contributed by atoms with Gasteiger partial charge >= 0.3 is 0 Å². The van der Waals surface area contributed by atoms with E-state index in [4.69, 9.17) is 9.47 Å². The molecule has 0 fully saturated rings. The van der Waals surface area contributed by atoms with Crippen molar-refractivity contribution in [3.05, 3.63) is 44.6 Å². The molecule has 0 bridgehead atoms. The highest BCUT2D eigenvalue weighted by Gasteiger charge is 2.16. The van der Waals surface area contributed by atoms with Gasteiger partial charge in [0.05, 0.1) is 24.0 Å². The molecule has 1 aromatic heterocycles. The molecule has 2 aromatic rings. The minimum Gasteiger partial charge on any atom is -0.497 e. The lowest BCUT2D eigenvalue weighted by Crippen LogP contribution is -2.21. The summed E-state index contributed by atoms with van der Waals surface area (Å²) < 4.78 is 11.8. The van der Waals surface area contributed by atoms with Crippen molar-refractivity contribution < 1.29 is 9.47 Å². The highest BCUT2D eigenvalue weighted by molar-refractivity contribution is 9.11. The summed E-state index contributed by atoms with van der Waals surface area (Å²) >= 11 is 5.21. The van der Waals surface area contributed by atoms with Gasteiger partial charge in [0.1, 0.15) is 11.5 Å². The van der Waals surface area contributed by atoms with Gasteiger partial charge in [-0.2, -0.15) is 0 Å². The molecule has 1 unspecified atom stereocenters. The zero-order chi connectivity index (χ0) is 14.5. The lowest BCUT2D eigenvalue weighted by molar-refractivity contribution is 0.392. The van der Waals surface area contributed by atoms with Gasteiger partial charge < -0.3 is 14.8 Å². The van der Waals surface area contributed by atoms with E-state index in [2.05, 4.69) is 39.6 Å². The first-order chi connectivity index (χ1) is 9.67. The van der Waals surface area contributed by atoms with Crippen LogP contribution in [0.15, 0.2) is 33.4 Å². The lowest BCUT2D eigenvalue weighted by atomic mass is 10.0. The van der Waals surface area contributed by atoms with Gasteiger partial charge in [0.2, 0.25) is 0 Å². The maximum Gasteiger partial charge on any atom is 0.122 e. The van der Waals surface area contributed by atoms with Crippen molar-refractivity contribution in [3.63, 3.8) is 0 Å². The van der Waals surface area contributed by atoms with Gasteiger partial charge in [-0.15, -0.1) is 11.3 Å². The molecule has 0 saturated heterocycles. The molecule has 108 valence electrons. The van der Waals surface area contributed by atoms with Crippen molar-refractivity contribution in [3.8, 4) is 11.5 Å². The third kappa shape index (κ3) is 3.53. The molecular weight excluding hydrogens is 338 g/mol. The van der Waals surface area contributed by atoms with Gasteiger partial charge in [0.15, 0.2) is 0 Å². The van der Waals surface area contributed by atoms with E-state index in [-0.39, 0.29) is 6.04 Å². The summed E-state index contributed by atoms with van der Waals surface area (Å²) in [5, 5.41) is 5.66. The van der Waals surface area contributed by atoms with E-state index in [9.17, 15) is 0 Å². The Kier molecular flexibility index (Phi) is 5.46. The summed E-state index contributed by atoms with van der Waals surface area (Å²) in [7, 11) is 3.34. The van der Waals surface area contributed by atoms with E-state index in [0.717, 1.165) is 27.4 Å². The number of benzene rings is 1. The van der Waals surface area contributed by atoms with E-state index in [0.29, 0.717) is 0 Å². The van der Waals surface area contributed by atoms with Crippen LogP contribution in [0.3, 0.4) is 0 Å². The van der Waals surface area contributed by atoms with Gasteiger partial charge in [-0.25, -0.2) is 0 Å². The van der Waals surface area contributed by atoms with Gasteiger partial charge in [0, 0.05) is 6.07 Å². The fourth-order valence-corrected chi connectivity index (χ4v) is 3.30. The molecule has 1 heterocycles. The molecule has 0 aliphatic carbocycles. The summed E-state index contributed by atoms with van der Waals surface area (Å²) in [6, 6.07) is 8.24. The van der Waals surface area contributed by atoms with E-state index < -0.39 is 0 Å². The summed E-state index contributed by atoms with van der Waals surface area (Å²) in [4.78, 5) is 0. The van der Waals surface area contributed by atoms with Crippen LogP contribution in [0.25, 0.3) is 0 Å². The Hall–Kier alpha value is -1.04. The molecule has 1 aromatic carbocycles. The Labute approximate surface area is 132 Å². The van der Waals surface area contributed by atoms with Gasteiger partial charge in [0.25, 0.3) is 0 Å². The number of hydrogen-bond donors (Lipinski definition) is 1. The molecule has 0 aliphatic heterocycles. The van der Waals surface area contributed by atoms with Crippen molar-refractivity contribution in [2.24, 2.45) is 0 Å². The lowest BCUT2D eigenvalue weighted by Gasteiger charge is -2.19. The number of rotatable bonds is 6. The van der Waals surface area contributed by atoms with Crippen LogP contribution < -0.4 is 14.8 Å². The minimum absolute atomic E-state index is 0.131. The van der Waals surface area contributed by atoms with Crippen LogP contribution in [0.4, 0.5) is 0 Å². The van der Waals surface area contributed by atoms with Crippen LogP contribution in [0.2, 0.25) is 0 Å². The number of ether oxygens (including phenoxy) is 2. The molecule has 1 atom stereocenters. The number of hydrogen-bond acceptors (Lipinski definition) is 4. The summed E-state index contributed by atoms with van der Waals surface area (Å²) in [6.45, 7) is 2.99. The highest BCUT2D eigenvalue weighted by atomic mass is 79.9. The van der Waals surface area contributed by atoms with Crippen LogP contribution in [0, 0.1) is 0 Å². The quantitative estimate of drug-likeness (QED) is 0.840. The molecule has 0 saturated carbocycles. The van der Waals surface area contributed by atoms with Gasteiger partial charge in [-0.05, 0) is 57.2 Å². The second-order valence-electron chi connectivity index (χ2n) is 4.32. The van der Waals surface area contributed by atoms with Crippen LogP contribution in [0.5, 0.6) is 11.5 Å². The Morgan fingerprint density at radius 3 is 2.20 bits per heavy atom. The summed E-state index contributed by atoms with van der Waals surface area (Å²) in [5.74, 6) is 1.60. The van der Waals surface area contributed by atoms with Crippen LogP contribution in [-0.4, -0.2) is 20.8 Å². The number of halogens is 1. The van der Waals surface area contributed by atoms with Crippen LogP contribution in [0.1, 0.15) is 24.1 Å². The maximum absolute atomic E-state index is 5.35. The first kappa shape index (κ1) is 15.4. The predicted molar refractivity (Wildman–Crippen MR) is 87.1 cm³/mol. The number of methoxy groups -OCH3 is 2. The van der Waals surface area contributed by atoms with Crippen molar-refractivity contribution in [1.82, 2.24) is 5.32 Å². The second kappa shape index (κ2) is 7.11. The number of thiophene rings is 1. The predicted octanol–water partition coefficient (Wildman–Crippen LogP) is 4.23. The Bertz CT molecular complexity index is 549. The molecule has 0 amide bonds. The third-order valence-corrected chi connectivity index (χ3v) is 4.56. The Balaban J connectivity index is 2.42. The Morgan fingerprint density at radius 2 is 1.75 bits per heavy atom. The topological polar surface area (TPSA) is 30.5 Å². The molecular formula is C15H18BrNO2S. The number of nitrogens with one attached hydrogen (secondary N) is 1. The monoisotopic (exact) mass is 355 g/mol. The normalized spacial score (nSPS) is 12.2. The van der Waals surface area contributed by atoms with Gasteiger partial charge in [-0.3, -0.25) is 0 Å². The zero-order valence-corrected chi connectivity index (χ0v) is 14.2. The van der Waals surface area contributed by atoms with Crippen molar-refractivity contribution in [2.45, 2.75) is 13.0 Å². The molecule has 20 heavy (non-hydrogen) atoms. The first-order valence-corrected chi connectivity index (χ1v) is 8.05. The maximum atomic E-state index is 5.35. The van der Waals surface area contributed by atoms with Crippen LogP contribution in [-0.2, 0) is 0 Å². The molecule has 2 rings (SSSR count). The molecule has 1 N–H and O–H groups in total. The average molecular weight is 356 g/mol. The SMILES string of the molecule is CCNC(c1cc(OC)cc(OC)c1)c1csc(Br)c1. The second-order valence-corrected chi connectivity index (χ2v) is 6.61. The minimum atomic E-state index is 0.131. The van der Waals surface area contributed by atoms with Crippen molar-refractivity contribution in [1.29, 1.82) is 0 Å². The summed E-state index contributed by atoms with van der Waals surface area (Å²) in [5.41, 5.74) is 2.37. The third-order valence-electron chi connectivity index (χ3n) is 3.04. The first-order valence-electron chi connectivity index (χ1n) is 6.38. The van der Waals surface area contributed by atoms with E-state index in [1.807, 2.05) is 18.2 Å². The fourth-order valence-electron chi connectivity index (χ4n) is 2.10. The highest BCUT2D eigenvalue weighted by Crippen LogP contribution is 2.33.